The van der Waals surface area contributed by atoms with Crippen LogP contribution in [0.25, 0.3) is 11.4 Å². The number of fused-ring (bicyclic) bond motifs is 3. The van der Waals surface area contributed by atoms with E-state index in [0.717, 1.165) is 37.1 Å². The highest BCUT2D eigenvalue weighted by Gasteiger charge is 2.38. The van der Waals surface area contributed by atoms with Crippen LogP contribution in [-0.4, -0.2) is 55.0 Å². The number of nitrogen functional groups attached to an aromatic ring is 1. The van der Waals surface area contributed by atoms with Crippen molar-refractivity contribution < 1.29 is 9.59 Å². The number of nitrogens with two attached hydrogens (primary N) is 1. The predicted molar refractivity (Wildman–Crippen MR) is 120 cm³/mol. The number of nitrogens with zero attached hydrogens (tertiary/aromatic N) is 5. The maximum absolute atomic E-state index is 13.1. The molecule has 1 saturated heterocycles. The van der Waals surface area contributed by atoms with Crippen molar-refractivity contribution >= 4 is 34.2 Å². The first-order valence-electron chi connectivity index (χ1n) is 10.6. The van der Waals surface area contributed by atoms with Crippen molar-refractivity contribution in [3.05, 3.63) is 34.1 Å². The van der Waals surface area contributed by atoms with Crippen molar-refractivity contribution in [3.63, 3.8) is 0 Å². The third-order valence-electron chi connectivity index (χ3n) is 5.97. The van der Waals surface area contributed by atoms with Crippen molar-refractivity contribution in [3.8, 4) is 11.4 Å². The molecule has 2 amide bonds. The summed E-state index contributed by atoms with van der Waals surface area (Å²) in [5.74, 6) is -0.0822. The molecule has 4 heterocycles. The zero-order valence-electron chi connectivity index (χ0n) is 17.9. The van der Waals surface area contributed by atoms with Crippen LogP contribution < -0.4 is 11.1 Å². The Morgan fingerprint density at radius 1 is 1.25 bits per heavy atom. The van der Waals surface area contributed by atoms with Crippen LogP contribution in [0.2, 0.25) is 0 Å². The fraction of sp³-hybridized carbons (Fsp3) is 0.429. The van der Waals surface area contributed by atoms with Gasteiger partial charge in [0.1, 0.15) is 11.4 Å². The van der Waals surface area contributed by atoms with Gasteiger partial charge in [0.2, 0.25) is 11.9 Å². The molecule has 0 aromatic carbocycles. The Balaban J connectivity index is 1.37. The molecule has 3 aromatic heterocycles. The Kier molecular flexibility index (Phi) is 4.92. The first-order valence-corrected chi connectivity index (χ1v) is 11.4. The molecular formula is C21H24N8O2S. The Bertz CT molecular complexity index is 1210. The van der Waals surface area contributed by atoms with Gasteiger partial charge in [0, 0.05) is 30.2 Å². The molecule has 0 atom stereocenters. The van der Waals surface area contributed by atoms with Crippen LogP contribution in [0.4, 0.5) is 11.1 Å². The normalized spacial score (nSPS) is 16.5. The van der Waals surface area contributed by atoms with E-state index in [2.05, 4.69) is 44.3 Å². The number of carbonyl (C=O) groups is 2. The second kappa shape index (κ2) is 7.66. The fourth-order valence-electron chi connectivity index (χ4n) is 4.49. The summed E-state index contributed by atoms with van der Waals surface area (Å²) in [5, 5.41) is 12.4. The average molecular weight is 453 g/mol. The number of aromatic nitrogens is 5. The molecule has 32 heavy (non-hydrogen) atoms. The summed E-state index contributed by atoms with van der Waals surface area (Å²) >= 11 is 1.30. The van der Waals surface area contributed by atoms with Crippen LogP contribution >= 0.6 is 11.3 Å². The molecule has 0 radical (unpaired) electrons. The minimum absolute atomic E-state index is 0.0787. The Labute approximate surface area is 188 Å². The van der Waals surface area contributed by atoms with Crippen LogP contribution in [0.3, 0.4) is 0 Å². The van der Waals surface area contributed by atoms with Gasteiger partial charge in [0.05, 0.1) is 17.8 Å². The maximum atomic E-state index is 13.1. The average Bonchev–Trinajstić information content (AvgIpc) is 3.49. The van der Waals surface area contributed by atoms with E-state index in [0.29, 0.717) is 34.3 Å². The highest BCUT2D eigenvalue weighted by molar-refractivity contribution is 7.14. The number of amides is 2. The lowest BCUT2D eigenvalue weighted by Crippen LogP contribution is -2.29. The molecule has 0 unspecified atom stereocenters. The lowest BCUT2D eigenvalue weighted by atomic mass is 9.73. The van der Waals surface area contributed by atoms with E-state index in [4.69, 9.17) is 5.73 Å². The zero-order chi connectivity index (χ0) is 22.5. The Morgan fingerprint density at radius 3 is 2.81 bits per heavy atom. The fourth-order valence-corrected chi connectivity index (χ4v) is 5.20. The van der Waals surface area contributed by atoms with Crippen molar-refractivity contribution in [1.29, 1.82) is 0 Å². The molecule has 0 bridgehead atoms. The number of carbonyl (C=O) groups excluding carboxylic acids is 2. The third-order valence-corrected chi connectivity index (χ3v) is 6.78. The Morgan fingerprint density at radius 2 is 2.03 bits per heavy atom. The van der Waals surface area contributed by atoms with Crippen LogP contribution in [0.1, 0.15) is 54.0 Å². The molecule has 10 nitrogen and oxygen atoms in total. The summed E-state index contributed by atoms with van der Waals surface area (Å²) in [7, 11) is 0. The van der Waals surface area contributed by atoms with E-state index in [1.807, 2.05) is 10.3 Å². The van der Waals surface area contributed by atoms with Gasteiger partial charge in [-0.25, -0.2) is 15.0 Å². The zero-order valence-corrected chi connectivity index (χ0v) is 18.8. The van der Waals surface area contributed by atoms with Gasteiger partial charge in [-0.2, -0.15) is 5.10 Å². The second-order valence-electron chi connectivity index (χ2n) is 8.85. The highest BCUT2D eigenvalue weighted by atomic mass is 32.1. The first kappa shape index (κ1) is 20.6. The van der Waals surface area contributed by atoms with Crippen molar-refractivity contribution in [1.82, 2.24) is 30.0 Å². The van der Waals surface area contributed by atoms with Crippen molar-refractivity contribution in [2.24, 2.45) is 0 Å². The molecule has 4 N–H and O–H groups in total. The van der Waals surface area contributed by atoms with Crippen LogP contribution in [0.5, 0.6) is 0 Å². The minimum Gasteiger partial charge on any atom is -0.368 e. The quantitative estimate of drug-likeness (QED) is 0.550. The van der Waals surface area contributed by atoms with E-state index >= 15 is 0 Å². The number of anilines is 2. The van der Waals surface area contributed by atoms with E-state index in [1.165, 1.54) is 11.3 Å². The summed E-state index contributed by atoms with van der Waals surface area (Å²) in [6, 6.07) is 0. The smallest absolute Gasteiger partial charge is 0.275 e. The second-order valence-corrected chi connectivity index (χ2v) is 9.71. The first-order chi connectivity index (χ1) is 15.3. The van der Waals surface area contributed by atoms with Crippen LogP contribution in [0, 0.1) is 0 Å². The number of hydrogen-bond donors (Lipinski definition) is 3. The number of rotatable bonds is 4. The summed E-state index contributed by atoms with van der Waals surface area (Å²) in [6.45, 7) is 5.74. The summed E-state index contributed by atoms with van der Waals surface area (Å²) < 4.78 is 0. The van der Waals surface area contributed by atoms with E-state index in [-0.39, 0.29) is 29.6 Å². The number of aromatic amines is 1. The van der Waals surface area contributed by atoms with Gasteiger partial charge in [0.15, 0.2) is 5.13 Å². The molecule has 0 saturated carbocycles. The Hall–Kier alpha value is -3.34. The standard InChI is InChI=1S/C21H24N8O2S/c1-21(2)8-11-9-23-19(22)25-15(11)16-14(21)17(28-27-16)18(31)26-20-24-12(10-32-20)7-13(30)29-5-3-4-6-29/h9-10H,3-8H2,1-2H3,(H,27,28)(H2,22,23,25)(H,24,26,31). The van der Waals surface area contributed by atoms with Crippen LogP contribution in [0.15, 0.2) is 11.6 Å². The van der Waals surface area contributed by atoms with Crippen molar-refractivity contribution in [2.75, 3.05) is 24.1 Å². The molecule has 5 rings (SSSR count). The van der Waals surface area contributed by atoms with Crippen LogP contribution in [-0.2, 0) is 23.1 Å². The van der Waals surface area contributed by atoms with Gasteiger partial charge in [-0.15, -0.1) is 11.3 Å². The third kappa shape index (κ3) is 3.62. The van der Waals surface area contributed by atoms with Gasteiger partial charge in [-0.3, -0.25) is 20.0 Å². The molecule has 166 valence electrons. The van der Waals surface area contributed by atoms with Gasteiger partial charge in [-0.1, -0.05) is 13.8 Å². The summed E-state index contributed by atoms with van der Waals surface area (Å²) in [4.78, 5) is 40.2. The molecule has 3 aromatic rings. The van der Waals surface area contributed by atoms with E-state index in [1.54, 1.807) is 6.20 Å². The predicted octanol–water partition coefficient (Wildman–Crippen LogP) is 2.16. The summed E-state index contributed by atoms with van der Waals surface area (Å²) in [5.41, 5.74) is 9.47. The largest absolute Gasteiger partial charge is 0.368 e. The lowest BCUT2D eigenvalue weighted by molar-refractivity contribution is -0.129. The minimum atomic E-state index is -0.350. The van der Waals surface area contributed by atoms with Gasteiger partial charge >= 0.3 is 0 Å². The lowest BCUT2D eigenvalue weighted by Gasteiger charge is -2.30. The molecule has 0 spiro atoms. The van der Waals surface area contributed by atoms with E-state index in [9.17, 15) is 9.59 Å². The number of likely N-dealkylation sites (tertiary alicyclic amines) is 1. The molecule has 1 aliphatic carbocycles. The van der Waals surface area contributed by atoms with E-state index < -0.39 is 0 Å². The molecule has 11 heteroatoms. The molecular weight excluding hydrogens is 428 g/mol. The molecule has 1 fully saturated rings. The SMILES string of the molecule is CC1(C)Cc2cnc(N)nc2-c2n[nH]c(C(=O)Nc3nc(CC(=O)N4CCCC4)cs3)c21. The molecule has 1 aliphatic heterocycles. The number of thiazole rings is 1. The van der Waals surface area contributed by atoms with Gasteiger partial charge in [-0.05, 0) is 30.2 Å². The number of H-pyrrole nitrogens is 1. The maximum Gasteiger partial charge on any atom is 0.275 e. The number of hydrogen-bond acceptors (Lipinski definition) is 8. The number of nitrogens with one attached hydrogen (secondary N) is 2. The molecule has 2 aliphatic rings. The van der Waals surface area contributed by atoms with Gasteiger partial charge in [0.25, 0.3) is 5.91 Å². The van der Waals surface area contributed by atoms with Gasteiger partial charge < -0.3 is 10.6 Å². The monoisotopic (exact) mass is 452 g/mol. The topological polar surface area (TPSA) is 143 Å². The summed E-state index contributed by atoms with van der Waals surface area (Å²) in [6.07, 6.45) is 4.74. The highest BCUT2D eigenvalue weighted by Crippen LogP contribution is 2.42. The van der Waals surface area contributed by atoms with Crippen molar-refractivity contribution in [2.45, 2.75) is 44.9 Å².